The van der Waals surface area contributed by atoms with Gasteiger partial charge in [-0.15, -0.1) is 0 Å². The standard InChI is InChI=1S/C21H18ClN3O/c1-26-17-10-8-14(9-11-17)13-25-21-18(6-3-7-19(21)23)20(24-25)15-4-2-5-16(22)12-15/h2-12H,13,23H2,1H3. The number of benzene rings is 3. The lowest BCUT2D eigenvalue weighted by Gasteiger charge is -2.06. The smallest absolute Gasteiger partial charge is 0.118 e. The molecule has 0 amide bonds. The number of para-hydroxylation sites is 1. The zero-order valence-corrected chi connectivity index (χ0v) is 15.1. The number of anilines is 1. The number of hydrogen-bond acceptors (Lipinski definition) is 3. The van der Waals surface area contributed by atoms with E-state index in [1.807, 2.05) is 71.4 Å². The summed E-state index contributed by atoms with van der Waals surface area (Å²) in [6.45, 7) is 0.620. The number of fused-ring (bicyclic) bond motifs is 1. The fourth-order valence-corrected chi connectivity index (χ4v) is 3.32. The van der Waals surface area contributed by atoms with Crippen molar-refractivity contribution < 1.29 is 4.74 Å². The lowest BCUT2D eigenvalue weighted by molar-refractivity contribution is 0.414. The quantitative estimate of drug-likeness (QED) is 0.519. The molecule has 0 aliphatic rings. The predicted octanol–water partition coefficient (Wildman–Crippen LogP) is 5.00. The van der Waals surface area contributed by atoms with Crippen LogP contribution in [0.1, 0.15) is 5.56 Å². The van der Waals surface area contributed by atoms with E-state index in [0.717, 1.165) is 33.5 Å². The van der Waals surface area contributed by atoms with Crippen LogP contribution in [0, 0.1) is 0 Å². The van der Waals surface area contributed by atoms with E-state index in [2.05, 4.69) is 0 Å². The highest BCUT2D eigenvalue weighted by Gasteiger charge is 2.15. The molecule has 2 N–H and O–H groups in total. The predicted molar refractivity (Wildman–Crippen MR) is 107 cm³/mol. The summed E-state index contributed by atoms with van der Waals surface area (Å²) in [5, 5.41) is 6.55. The Morgan fingerprint density at radius 3 is 2.54 bits per heavy atom. The maximum Gasteiger partial charge on any atom is 0.118 e. The third kappa shape index (κ3) is 3.00. The molecule has 0 aliphatic carbocycles. The molecule has 0 fully saturated rings. The highest BCUT2D eigenvalue weighted by molar-refractivity contribution is 6.30. The van der Waals surface area contributed by atoms with Gasteiger partial charge in [-0.25, -0.2) is 0 Å². The molecule has 0 unspecified atom stereocenters. The van der Waals surface area contributed by atoms with Crippen LogP contribution in [-0.4, -0.2) is 16.9 Å². The molecular formula is C21H18ClN3O. The zero-order chi connectivity index (χ0) is 18.1. The van der Waals surface area contributed by atoms with Crippen LogP contribution in [0.25, 0.3) is 22.2 Å². The molecule has 0 atom stereocenters. The third-order valence-electron chi connectivity index (χ3n) is 4.39. The average Bonchev–Trinajstić information content (AvgIpc) is 3.02. The molecule has 0 bridgehead atoms. The highest BCUT2D eigenvalue weighted by Crippen LogP contribution is 2.32. The molecule has 1 heterocycles. The SMILES string of the molecule is COc1ccc(Cn2nc(-c3cccc(Cl)c3)c3cccc(N)c32)cc1. The van der Waals surface area contributed by atoms with Gasteiger partial charge in [0.15, 0.2) is 0 Å². The first-order valence-corrected chi connectivity index (χ1v) is 8.67. The Labute approximate surface area is 156 Å². The summed E-state index contributed by atoms with van der Waals surface area (Å²) < 4.78 is 7.17. The van der Waals surface area contributed by atoms with E-state index in [4.69, 9.17) is 27.2 Å². The summed E-state index contributed by atoms with van der Waals surface area (Å²) in [6, 6.07) is 21.6. The number of nitrogens with two attached hydrogens (primary N) is 1. The maximum atomic E-state index is 6.27. The number of halogens is 1. The van der Waals surface area contributed by atoms with Gasteiger partial charge in [0, 0.05) is 16.0 Å². The van der Waals surface area contributed by atoms with E-state index >= 15 is 0 Å². The average molecular weight is 364 g/mol. The fraction of sp³-hybridized carbons (Fsp3) is 0.0952. The number of nitrogen functional groups attached to an aromatic ring is 1. The minimum Gasteiger partial charge on any atom is -0.497 e. The lowest BCUT2D eigenvalue weighted by Crippen LogP contribution is -2.03. The molecule has 0 saturated heterocycles. The van der Waals surface area contributed by atoms with Crippen molar-refractivity contribution in [2.75, 3.05) is 12.8 Å². The maximum absolute atomic E-state index is 6.27. The van der Waals surface area contributed by atoms with Crippen molar-refractivity contribution in [1.29, 1.82) is 0 Å². The molecule has 130 valence electrons. The van der Waals surface area contributed by atoms with Crippen molar-refractivity contribution in [3.63, 3.8) is 0 Å². The van der Waals surface area contributed by atoms with Crippen molar-refractivity contribution in [1.82, 2.24) is 9.78 Å². The van der Waals surface area contributed by atoms with Gasteiger partial charge in [0.25, 0.3) is 0 Å². The molecule has 0 radical (unpaired) electrons. The summed E-state index contributed by atoms with van der Waals surface area (Å²) in [7, 11) is 1.66. The van der Waals surface area contributed by atoms with Gasteiger partial charge in [0.2, 0.25) is 0 Å². The Hall–Kier alpha value is -2.98. The number of hydrogen-bond donors (Lipinski definition) is 1. The van der Waals surface area contributed by atoms with E-state index in [1.165, 1.54) is 0 Å². The lowest BCUT2D eigenvalue weighted by atomic mass is 10.1. The van der Waals surface area contributed by atoms with Crippen molar-refractivity contribution in [2.24, 2.45) is 0 Å². The molecule has 0 aliphatic heterocycles. The largest absolute Gasteiger partial charge is 0.497 e. The van der Waals surface area contributed by atoms with Crippen molar-refractivity contribution >= 4 is 28.2 Å². The van der Waals surface area contributed by atoms with Crippen LogP contribution < -0.4 is 10.5 Å². The molecule has 0 spiro atoms. The van der Waals surface area contributed by atoms with Crippen molar-refractivity contribution in [3.8, 4) is 17.0 Å². The Morgan fingerprint density at radius 2 is 1.81 bits per heavy atom. The molecule has 4 nitrogen and oxygen atoms in total. The van der Waals surface area contributed by atoms with Gasteiger partial charge in [-0.05, 0) is 35.9 Å². The number of nitrogens with zero attached hydrogens (tertiary/aromatic N) is 2. The van der Waals surface area contributed by atoms with Gasteiger partial charge in [-0.3, -0.25) is 4.68 Å². The Balaban J connectivity index is 1.84. The van der Waals surface area contributed by atoms with E-state index in [9.17, 15) is 0 Å². The van der Waals surface area contributed by atoms with Gasteiger partial charge >= 0.3 is 0 Å². The van der Waals surface area contributed by atoms with Gasteiger partial charge in [-0.1, -0.05) is 48.0 Å². The molecule has 4 aromatic rings. The summed E-state index contributed by atoms with van der Waals surface area (Å²) in [5.74, 6) is 0.832. The second kappa shape index (κ2) is 6.73. The Kier molecular flexibility index (Phi) is 4.27. The monoisotopic (exact) mass is 363 g/mol. The molecule has 5 heteroatoms. The van der Waals surface area contributed by atoms with Crippen LogP contribution in [0.2, 0.25) is 5.02 Å². The number of methoxy groups -OCH3 is 1. The molecular weight excluding hydrogens is 346 g/mol. The molecule has 0 saturated carbocycles. The second-order valence-corrected chi connectivity index (χ2v) is 6.54. The summed E-state index contributed by atoms with van der Waals surface area (Å²) in [5.41, 5.74) is 10.9. The van der Waals surface area contributed by atoms with E-state index in [1.54, 1.807) is 7.11 Å². The molecule has 1 aromatic heterocycles. The van der Waals surface area contributed by atoms with E-state index < -0.39 is 0 Å². The van der Waals surface area contributed by atoms with E-state index in [0.29, 0.717) is 17.3 Å². The van der Waals surface area contributed by atoms with Crippen LogP contribution in [0.3, 0.4) is 0 Å². The van der Waals surface area contributed by atoms with Crippen LogP contribution in [-0.2, 0) is 6.54 Å². The zero-order valence-electron chi connectivity index (χ0n) is 14.3. The third-order valence-corrected chi connectivity index (χ3v) is 4.63. The Bertz CT molecular complexity index is 1070. The normalized spacial score (nSPS) is 11.0. The van der Waals surface area contributed by atoms with Crippen molar-refractivity contribution in [2.45, 2.75) is 6.54 Å². The minimum absolute atomic E-state index is 0.620. The number of ether oxygens (including phenoxy) is 1. The van der Waals surface area contributed by atoms with Crippen LogP contribution >= 0.6 is 11.6 Å². The first-order valence-electron chi connectivity index (χ1n) is 8.29. The Morgan fingerprint density at radius 1 is 1.04 bits per heavy atom. The minimum atomic E-state index is 0.620. The van der Waals surface area contributed by atoms with Crippen LogP contribution in [0.4, 0.5) is 5.69 Å². The van der Waals surface area contributed by atoms with Gasteiger partial charge in [0.1, 0.15) is 11.4 Å². The first kappa shape index (κ1) is 16.5. The fourth-order valence-electron chi connectivity index (χ4n) is 3.13. The summed E-state index contributed by atoms with van der Waals surface area (Å²) in [6.07, 6.45) is 0. The number of rotatable bonds is 4. The summed E-state index contributed by atoms with van der Waals surface area (Å²) >= 11 is 6.17. The second-order valence-electron chi connectivity index (χ2n) is 6.11. The summed E-state index contributed by atoms with van der Waals surface area (Å²) in [4.78, 5) is 0. The first-order chi connectivity index (χ1) is 12.7. The van der Waals surface area contributed by atoms with E-state index in [-0.39, 0.29) is 0 Å². The van der Waals surface area contributed by atoms with Crippen LogP contribution in [0.15, 0.2) is 66.7 Å². The molecule has 26 heavy (non-hydrogen) atoms. The number of aromatic nitrogens is 2. The topological polar surface area (TPSA) is 53.1 Å². The van der Waals surface area contributed by atoms with Crippen molar-refractivity contribution in [3.05, 3.63) is 77.3 Å². The van der Waals surface area contributed by atoms with Crippen LogP contribution in [0.5, 0.6) is 5.75 Å². The highest BCUT2D eigenvalue weighted by atomic mass is 35.5. The van der Waals surface area contributed by atoms with Gasteiger partial charge < -0.3 is 10.5 Å². The molecule has 4 rings (SSSR count). The molecule has 3 aromatic carbocycles. The van der Waals surface area contributed by atoms with Gasteiger partial charge in [-0.2, -0.15) is 5.10 Å². The van der Waals surface area contributed by atoms with Gasteiger partial charge in [0.05, 0.1) is 24.9 Å².